The number of primary amides is 1. The lowest BCUT2D eigenvalue weighted by molar-refractivity contribution is -0.124. The van der Waals surface area contributed by atoms with E-state index in [-0.39, 0.29) is 5.91 Å². The maximum Gasteiger partial charge on any atom is 0.238 e. The van der Waals surface area contributed by atoms with Gasteiger partial charge >= 0.3 is 0 Å². The minimum absolute atomic E-state index is 0.207. The molecule has 94 valence electrons. The van der Waals surface area contributed by atoms with E-state index in [0.717, 1.165) is 37.5 Å². The number of methoxy groups -OCH3 is 1. The molecule has 0 radical (unpaired) electrons. The van der Waals surface area contributed by atoms with Crippen LogP contribution in [0.4, 0.5) is 0 Å². The summed E-state index contributed by atoms with van der Waals surface area (Å²) >= 11 is 1.73. The monoisotopic (exact) mass is 246 g/mol. The second-order valence-electron chi connectivity index (χ2n) is 4.19. The molecule has 3 N–H and O–H groups in total. The largest absolute Gasteiger partial charge is 0.384 e. The summed E-state index contributed by atoms with van der Waals surface area (Å²) in [6, 6.07) is 0. The number of hydrogen-bond acceptors (Lipinski definition) is 4. The van der Waals surface area contributed by atoms with Gasteiger partial charge in [0.2, 0.25) is 5.91 Å². The van der Waals surface area contributed by atoms with Gasteiger partial charge in [-0.05, 0) is 25.3 Å². The number of likely N-dealkylation sites (N-methyl/N-ethyl adjacent to an activating group) is 1. The van der Waals surface area contributed by atoms with Crippen molar-refractivity contribution in [3.8, 4) is 0 Å². The molecule has 16 heavy (non-hydrogen) atoms. The highest BCUT2D eigenvalue weighted by Crippen LogP contribution is 2.41. The lowest BCUT2D eigenvalue weighted by atomic mass is 9.94. The summed E-state index contributed by atoms with van der Waals surface area (Å²) in [5, 5.41) is 3.30. The summed E-state index contributed by atoms with van der Waals surface area (Å²) < 4.78 is 5.00. The molecule has 0 aromatic carbocycles. The molecular weight excluding hydrogens is 224 g/mol. The highest BCUT2D eigenvalue weighted by molar-refractivity contribution is 7.99. The van der Waals surface area contributed by atoms with Crippen LogP contribution in [0.15, 0.2) is 0 Å². The van der Waals surface area contributed by atoms with Crippen LogP contribution in [0.1, 0.15) is 19.8 Å². The first-order valence-electron chi connectivity index (χ1n) is 5.79. The van der Waals surface area contributed by atoms with Crippen molar-refractivity contribution < 1.29 is 9.53 Å². The minimum atomic E-state index is -0.493. The molecule has 0 saturated heterocycles. The van der Waals surface area contributed by atoms with Crippen molar-refractivity contribution in [2.24, 2.45) is 11.7 Å². The number of carbonyl (C=O) groups excluding carboxylic acids is 1. The molecule has 1 unspecified atom stereocenters. The molecule has 1 aliphatic carbocycles. The highest BCUT2D eigenvalue weighted by Gasteiger charge is 2.48. The Kier molecular flexibility index (Phi) is 5.58. The van der Waals surface area contributed by atoms with Crippen LogP contribution < -0.4 is 11.1 Å². The number of thioether (sulfide) groups is 1. The van der Waals surface area contributed by atoms with E-state index in [0.29, 0.717) is 5.92 Å². The molecule has 0 bridgehead atoms. The van der Waals surface area contributed by atoms with Gasteiger partial charge in [0.1, 0.15) is 5.54 Å². The summed E-state index contributed by atoms with van der Waals surface area (Å²) in [6.07, 6.45) is 2.22. The predicted molar refractivity (Wildman–Crippen MR) is 67.5 cm³/mol. The highest BCUT2D eigenvalue weighted by atomic mass is 32.2. The number of nitrogens with one attached hydrogen (secondary N) is 1. The molecule has 1 atom stereocenters. The third-order valence-electron chi connectivity index (χ3n) is 2.97. The zero-order valence-electron chi connectivity index (χ0n) is 10.1. The van der Waals surface area contributed by atoms with Crippen molar-refractivity contribution in [1.29, 1.82) is 0 Å². The van der Waals surface area contributed by atoms with E-state index < -0.39 is 5.54 Å². The van der Waals surface area contributed by atoms with Gasteiger partial charge in [0, 0.05) is 18.6 Å². The quantitative estimate of drug-likeness (QED) is 0.585. The third-order valence-corrected chi connectivity index (χ3v) is 4.08. The van der Waals surface area contributed by atoms with Gasteiger partial charge in [-0.2, -0.15) is 11.8 Å². The SMILES string of the molecule is CCNC(CSCCOC)(C(N)=O)C1CC1. The third kappa shape index (κ3) is 3.37. The van der Waals surface area contributed by atoms with E-state index in [1.54, 1.807) is 18.9 Å². The van der Waals surface area contributed by atoms with Gasteiger partial charge < -0.3 is 15.8 Å². The second-order valence-corrected chi connectivity index (χ2v) is 5.29. The zero-order chi connectivity index (χ0) is 12.0. The first-order chi connectivity index (χ1) is 7.67. The fourth-order valence-corrected chi connectivity index (χ4v) is 3.17. The molecule has 1 saturated carbocycles. The maximum atomic E-state index is 11.7. The Morgan fingerprint density at radius 3 is 2.75 bits per heavy atom. The Morgan fingerprint density at radius 2 is 2.31 bits per heavy atom. The Labute approximate surface area is 102 Å². The zero-order valence-corrected chi connectivity index (χ0v) is 10.9. The van der Waals surface area contributed by atoms with Crippen LogP contribution in [0.2, 0.25) is 0 Å². The topological polar surface area (TPSA) is 64.3 Å². The second kappa shape index (κ2) is 6.47. The van der Waals surface area contributed by atoms with E-state index in [1.807, 2.05) is 6.92 Å². The lowest BCUT2D eigenvalue weighted by Crippen LogP contribution is -2.59. The Balaban J connectivity index is 2.50. The van der Waals surface area contributed by atoms with Crippen molar-refractivity contribution in [3.63, 3.8) is 0 Å². The molecule has 1 aliphatic rings. The number of hydrogen-bond donors (Lipinski definition) is 2. The first kappa shape index (κ1) is 13.8. The molecule has 0 aromatic heterocycles. The van der Waals surface area contributed by atoms with Gasteiger partial charge in [0.05, 0.1) is 6.61 Å². The first-order valence-corrected chi connectivity index (χ1v) is 6.94. The van der Waals surface area contributed by atoms with Gasteiger partial charge in [0.15, 0.2) is 0 Å². The van der Waals surface area contributed by atoms with E-state index in [9.17, 15) is 4.79 Å². The summed E-state index contributed by atoms with van der Waals surface area (Å²) in [4.78, 5) is 11.7. The van der Waals surface area contributed by atoms with E-state index in [1.165, 1.54) is 0 Å². The minimum Gasteiger partial charge on any atom is -0.384 e. The number of carbonyl (C=O) groups is 1. The molecular formula is C11H22N2O2S. The molecule has 0 aliphatic heterocycles. The van der Waals surface area contributed by atoms with Crippen molar-refractivity contribution in [3.05, 3.63) is 0 Å². The maximum absolute atomic E-state index is 11.7. The summed E-state index contributed by atoms with van der Waals surface area (Å²) in [5.74, 6) is 1.88. The Morgan fingerprint density at radius 1 is 1.62 bits per heavy atom. The molecule has 0 spiro atoms. The summed E-state index contributed by atoms with van der Waals surface area (Å²) in [7, 11) is 1.69. The van der Waals surface area contributed by atoms with Gasteiger partial charge in [-0.1, -0.05) is 6.92 Å². The van der Waals surface area contributed by atoms with Crippen LogP contribution in [0.3, 0.4) is 0 Å². The normalized spacial score (nSPS) is 19.4. The van der Waals surface area contributed by atoms with Crippen molar-refractivity contribution >= 4 is 17.7 Å². The average molecular weight is 246 g/mol. The average Bonchev–Trinajstić information content (AvgIpc) is 3.06. The molecule has 1 fully saturated rings. The number of nitrogens with two attached hydrogens (primary N) is 1. The van der Waals surface area contributed by atoms with Gasteiger partial charge in [0.25, 0.3) is 0 Å². The molecule has 1 amide bonds. The molecule has 5 heteroatoms. The van der Waals surface area contributed by atoms with Crippen molar-refractivity contribution in [1.82, 2.24) is 5.32 Å². The van der Waals surface area contributed by atoms with Crippen molar-refractivity contribution in [2.75, 3.05) is 31.8 Å². The summed E-state index contributed by atoms with van der Waals surface area (Å²) in [6.45, 7) is 3.51. The van der Waals surface area contributed by atoms with Crippen molar-refractivity contribution in [2.45, 2.75) is 25.3 Å². The molecule has 0 aromatic rings. The standard InChI is InChI=1S/C11H22N2O2S/c1-3-13-11(10(12)14,9-4-5-9)8-16-7-6-15-2/h9,13H,3-8H2,1-2H3,(H2,12,14). The van der Waals surface area contributed by atoms with E-state index in [2.05, 4.69) is 5.32 Å². The predicted octanol–water partition coefficient (Wildman–Crippen LogP) is 0.610. The smallest absolute Gasteiger partial charge is 0.238 e. The van der Waals surface area contributed by atoms with Crippen LogP contribution in [0.5, 0.6) is 0 Å². The Hall–Kier alpha value is -0.260. The van der Waals surface area contributed by atoms with Gasteiger partial charge in [-0.3, -0.25) is 4.79 Å². The van der Waals surface area contributed by atoms with Crippen LogP contribution in [-0.4, -0.2) is 43.2 Å². The lowest BCUT2D eigenvalue weighted by Gasteiger charge is -2.31. The van der Waals surface area contributed by atoms with Crippen LogP contribution in [-0.2, 0) is 9.53 Å². The molecule has 4 nitrogen and oxygen atoms in total. The number of ether oxygens (including phenoxy) is 1. The van der Waals surface area contributed by atoms with Crippen LogP contribution >= 0.6 is 11.8 Å². The van der Waals surface area contributed by atoms with Gasteiger partial charge in [-0.25, -0.2) is 0 Å². The number of rotatable bonds is 9. The van der Waals surface area contributed by atoms with Gasteiger partial charge in [-0.15, -0.1) is 0 Å². The van der Waals surface area contributed by atoms with E-state index >= 15 is 0 Å². The summed E-state index contributed by atoms with van der Waals surface area (Å²) in [5.41, 5.74) is 5.07. The van der Waals surface area contributed by atoms with Crippen LogP contribution in [0, 0.1) is 5.92 Å². The molecule has 1 rings (SSSR count). The fourth-order valence-electron chi connectivity index (χ4n) is 1.94. The van der Waals surface area contributed by atoms with E-state index in [4.69, 9.17) is 10.5 Å². The molecule has 0 heterocycles. The number of amides is 1. The van der Waals surface area contributed by atoms with Crippen LogP contribution in [0.25, 0.3) is 0 Å². The Bertz CT molecular complexity index is 234. The fraction of sp³-hybridized carbons (Fsp3) is 0.909.